The van der Waals surface area contributed by atoms with Gasteiger partial charge in [0.1, 0.15) is 22.8 Å². The Morgan fingerprint density at radius 2 is 1.96 bits per heavy atom. The zero-order valence-corrected chi connectivity index (χ0v) is 16.4. The highest BCUT2D eigenvalue weighted by Crippen LogP contribution is 2.37. The summed E-state index contributed by atoms with van der Waals surface area (Å²) in [4.78, 5) is 12.6. The summed E-state index contributed by atoms with van der Waals surface area (Å²) in [7, 11) is 5.97. The first-order valence-corrected chi connectivity index (χ1v) is 9.55. The SMILES string of the molecule is CN(C)Cc1nc(NCc2nncn2C)c2c(-c3ccccc3)csc2n1. The van der Waals surface area contributed by atoms with Gasteiger partial charge in [-0.2, -0.15) is 0 Å². The molecule has 0 radical (unpaired) electrons. The minimum absolute atomic E-state index is 0.550. The third-order valence-corrected chi connectivity index (χ3v) is 5.11. The molecule has 27 heavy (non-hydrogen) atoms. The Morgan fingerprint density at radius 3 is 2.67 bits per heavy atom. The van der Waals surface area contributed by atoms with E-state index in [1.807, 2.05) is 43.9 Å². The molecule has 7 nitrogen and oxygen atoms in total. The number of rotatable bonds is 6. The molecular weight excluding hydrogens is 358 g/mol. The molecule has 1 aromatic carbocycles. The van der Waals surface area contributed by atoms with Crippen molar-refractivity contribution in [1.82, 2.24) is 29.6 Å². The van der Waals surface area contributed by atoms with Crippen molar-refractivity contribution in [2.75, 3.05) is 19.4 Å². The molecule has 0 atom stereocenters. The van der Waals surface area contributed by atoms with Crippen molar-refractivity contribution in [1.29, 1.82) is 0 Å². The molecule has 0 unspecified atom stereocenters. The van der Waals surface area contributed by atoms with E-state index in [-0.39, 0.29) is 0 Å². The van der Waals surface area contributed by atoms with E-state index in [2.05, 4.69) is 37.9 Å². The lowest BCUT2D eigenvalue weighted by atomic mass is 10.1. The van der Waals surface area contributed by atoms with Crippen molar-refractivity contribution in [3.05, 3.63) is 53.7 Å². The summed E-state index contributed by atoms with van der Waals surface area (Å²) in [5.41, 5.74) is 2.31. The molecule has 0 aliphatic heterocycles. The van der Waals surface area contributed by atoms with E-state index in [4.69, 9.17) is 9.97 Å². The maximum atomic E-state index is 4.81. The summed E-state index contributed by atoms with van der Waals surface area (Å²) in [5, 5.41) is 14.8. The van der Waals surface area contributed by atoms with Crippen molar-refractivity contribution in [2.45, 2.75) is 13.1 Å². The molecule has 4 rings (SSSR count). The lowest BCUT2D eigenvalue weighted by Crippen LogP contribution is -2.15. The summed E-state index contributed by atoms with van der Waals surface area (Å²) >= 11 is 1.65. The van der Waals surface area contributed by atoms with Crippen LogP contribution >= 0.6 is 11.3 Å². The van der Waals surface area contributed by atoms with Gasteiger partial charge in [0.05, 0.1) is 18.5 Å². The summed E-state index contributed by atoms with van der Waals surface area (Å²) in [6.07, 6.45) is 1.70. The highest BCUT2D eigenvalue weighted by molar-refractivity contribution is 7.17. The first-order valence-electron chi connectivity index (χ1n) is 8.67. The number of hydrogen-bond donors (Lipinski definition) is 1. The number of nitrogens with zero attached hydrogens (tertiary/aromatic N) is 6. The number of aromatic nitrogens is 5. The first kappa shape index (κ1) is 17.6. The van der Waals surface area contributed by atoms with Crippen LogP contribution in [0.3, 0.4) is 0 Å². The number of hydrogen-bond acceptors (Lipinski definition) is 7. The highest BCUT2D eigenvalue weighted by atomic mass is 32.1. The fraction of sp³-hybridized carbons (Fsp3) is 0.263. The minimum Gasteiger partial charge on any atom is -0.362 e. The average Bonchev–Trinajstić information content (AvgIpc) is 3.26. The average molecular weight is 379 g/mol. The van der Waals surface area contributed by atoms with Crippen molar-refractivity contribution in [2.24, 2.45) is 7.05 Å². The van der Waals surface area contributed by atoms with Crippen molar-refractivity contribution in [3.63, 3.8) is 0 Å². The molecule has 138 valence electrons. The van der Waals surface area contributed by atoms with Crippen LogP contribution in [-0.4, -0.2) is 43.7 Å². The molecule has 8 heteroatoms. The van der Waals surface area contributed by atoms with Gasteiger partial charge < -0.3 is 14.8 Å². The molecular formula is C19H21N7S. The second-order valence-corrected chi connectivity index (χ2v) is 7.49. The van der Waals surface area contributed by atoms with Crippen LogP contribution in [0.5, 0.6) is 0 Å². The summed E-state index contributed by atoms with van der Waals surface area (Å²) < 4.78 is 1.90. The normalized spacial score (nSPS) is 11.4. The maximum Gasteiger partial charge on any atom is 0.151 e. The third kappa shape index (κ3) is 3.67. The lowest BCUT2D eigenvalue weighted by Gasteiger charge is -2.12. The molecule has 0 saturated heterocycles. The van der Waals surface area contributed by atoms with E-state index >= 15 is 0 Å². The first-order chi connectivity index (χ1) is 13.1. The van der Waals surface area contributed by atoms with Crippen molar-refractivity contribution < 1.29 is 0 Å². The maximum absolute atomic E-state index is 4.81. The number of fused-ring (bicyclic) bond motifs is 1. The van der Waals surface area contributed by atoms with Gasteiger partial charge in [-0.05, 0) is 19.7 Å². The molecule has 0 fully saturated rings. The molecule has 0 amide bonds. The van der Waals surface area contributed by atoms with Crippen LogP contribution in [0.15, 0.2) is 42.0 Å². The molecule has 3 aromatic heterocycles. The van der Waals surface area contributed by atoms with E-state index < -0.39 is 0 Å². The predicted molar refractivity (Wildman–Crippen MR) is 109 cm³/mol. The van der Waals surface area contributed by atoms with Crippen LogP contribution in [0.4, 0.5) is 5.82 Å². The van der Waals surface area contributed by atoms with E-state index in [0.29, 0.717) is 13.1 Å². The zero-order valence-electron chi connectivity index (χ0n) is 15.5. The van der Waals surface area contributed by atoms with Gasteiger partial charge in [-0.3, -0.25) is 0 Å². The van der Waals surface area contributed by atoms with Gasteiger partial charge in [0.15, 0.2) is 5.82 Å². The highest BCUT2D eigenvalue weighted by Gasteiger charge is 2.16. The Morgan fingerprint density at radius 1 is 1.15 bits per heavy atom. The van der Waals surface area contributed by atoms with Gasteiger partial charge in [-0.15, -0.1) is 21.5 Å². The van der Waals surface area contributed by atoms with Gasteiger partial charge in [0.25, 0.3) is 0 Å². The van der Waals surface area contributed by atoms with Gasteiger partial charge in [0, 0.05) is 18.0 Å². The Kier molecular flexibility index (Phi) is 4.83. The van der Waals surface area contributed by atoms with Crippen LogP contribution < -0.4 is 5.32 Å². The Hall–Kier alpha value is -2.84. The quantitative estimate of drug-likeness (QED) is 0.555. The molecule has 4 aromatic rings. The second-order valence-electron chi connectivity index (χ2n) is 6.63. The molecule has 3 heterocycles. The topological polar surface area (TPSA) is 71.8 Å². The smallest absolute Gasteiger partial charge is 0.151 e. The van der Waals surface area contributed by atoms with E-state index in [1.165, 1.54) is 0 Å². The van der Waals surface area contributed by atoms with Gasteiger partial charge in [-0.1, -0.05) is 30.3 Å². The largest absolute Gasteiger partial charge is 0.362 e. The predicted octanol–water partition coefficient (Wildman–Crippen LogP) is 3.16. The monoisotopic (exact) mass is 379 g/mol. The summed E-state index contributed by atoms with van der Waals surface area (Å²) in [5.74, 6) is 2.49. The van der Waals surface area contributed by atoms with Crippen LogP contribution in [0.1, 0.15) is 11.6 Å². The summed E-state index contributed by atoms with van der Waals surface area (Å²) in [6, 6.07) is 10.3. The van der Waals surface area contributed by atoms with Crippen molar-refractivity contribution in [3.8, 4) is 11.1 Å². The molecule has 1 N–H and O–H groups in total. The number of anilines is 1. The number of nitrogens with one attached hydrogen (secondary N) is 1. The van der Waals surface area contributed by atoms with E-state index in [1.54, 1.807) is 17.7 Å². The zero-order chi connectivity index (χ0) is 18.8. The molecule has 0 spiro atoms. The van der Waals surface area contributed by atoms with Crippen molar-refractivity contribution >= 4 is 27.4 Å². The van der Waals surface area contributed by atoms with Crippen LogP contribution in [0.2, 0.25) is 0 Å². The molecule has 0 aliphatic rings. The van der Waals surface area contributed by atoms with Crippen LogP contribution in [0.25, 0.3) is 21.3 Å². The van der Waals surface area contributed by atoms with E-state index in [9.17, 15) is 0 Å². The van der Waals surface area contributed by atoms with Crippen LogP contribution in [-0.2, 0) is 20.1 Å². The van der Waals surface area contributed by atoms with Gasteiger partial charge in [-0.25, -0.2) is 9.97 Å². The number of aryl methyl sites for hydroxylation is 1. The molecule has 0 aliphatic carbocycles. The standard InChI is InChI=1S/C19H21N7S/c1-25(2)10-15-22-18(20-9-16-24-21-12-26(16)3)17-14(11-27-19(17)23-15)13-7-5-4-6-8-13/h4-8,11-12H,9-10H2,1-3H3,(H,20,22,23). The molecule has 0 saturated carbocycles. The van der Waals surface area contributed by atoms with Gasteiger partial charge in [0.2, 0.25) is 0 Å². The minimum atomic E-state index is 0.550. The second kappa shape index (κ2) is 7.42. The fourth-order valence-corrected chi connectivity index (χ4v) is 3.89. The van der Waals surface area contributed by atoms with Gasteiger partial charge >= 0.3 is 0 Å². The van der Waals surface area contributed by atoms with E-state index in [0.717, 1.165) is 38.8 Å². The molecule has 0 bridgehead atoms. The Bertz CT molecular complexity index is 1050. The lowest BCUT2D eigenvalue weighted by molar-refractivity contribution is 0.391. The van der Waals surface area contributed by atoms with Crippen LogP contribution in [0, 0.1) is 0 Å². The Labute approximate surface area is 161 Å². The fourth-order valence-electron chi connectivity index (χ4n) is 2.93. The number of benzene rings is 1. The summed E-state index contributed by atoms with van der Waals surface area (Å²) in [6.45, 7) is 1.24. The third-order valence-electron chi connectivity index (χ3n) is 4.24. The Balaban J connectivity index is 1.79. The number of thiophene rings is 1.